The Hall–Kier alpha value is -1.94. The number of carbonyl (C=O) groups excluding carboxylic acids is 2. The Labute approximate surface area is 130 Å². The molecular weight excluding hydrogens is 280 g/mol. The maximum atomic E-state index is 12.5. The highest BCUT2D eigenvalue weighted by Crippen LogP contribution is 2.40. The van der Waals surface area contributed by atoms with E-state index in [9.17, 15) is 14.7 Å². The predicted molar refractivity (Wildman–Crippen MR) is 83.1 cm³/mol. The van der Waals surface area contributed by atoms with E-state index < -0.39 is 11.6 Å². The zero-order valence-electron chi connectivity index (χ0n) is 13.3. The third-order valence-corrected chi connectivity index (χ3v) is 3.95. The Bertz CT molecular complexity index is 601. The molecule has 2 rings (SSSR count). The summed E-state index contributed by atoms with van der Waals surface area (Å²) in [6, 6.07) is 8.49. The van der Waals surface area contributed by atoms with Crippen molar-refractivity contribution in [3.05, 3.63) is 47.5 Å². The predicted octanol–water partition coefficient (Wildman–Crippen LogP) is 2.75. The fourth-order valence-corrected chi connectivity index (χ4v) is 2.74. The van der Waals surface area contributed by atoms with Crippen molar-refractivity contribution in [2.75, 3.05) is 6.61 Å². The molecule has 22 heavy (non-hydrogen) atoms. The summed E-state index contributed by atoms with van der Waals surface area (Å²) in [6.45, 7) is 5.79. The number of ether oxygens (including phenoxy) is 1. The Morgan fingerprint density at radius 3 is 2.50 bits per heavy atom. The minimum atomic E-state index is -2.04. The molecule has 0 radical (unpaired) electrons. The number of hydrogen-bond donors (Lipinski definition) is 1. The first-order valence-electron chi connectivity index (χ1n) is 7.50. The summed E-state index contributed by atoms with van der Waals surface area (Å²) in [5, 5.41) is 11.1. The van der Waals surface area contributed by atoms with Crippen LogP contribution in [-0.2, 0) is 19.9 Å². The average Bonchev–Trinajstić information content (AvgIpc) is 2.46. The van der Waals surface area contributed by atoms with Crippen LogP contribution in [0, 0.1) is 5.41 Å². The van der Waals surface area contributed by atoms with Crippen LogP contribution in [0.25, 0.3) is 0 Å². The molecule has 0 amide bonds. The molecule has 0 bridgehead atoms. The molecule has 0 fully saturated rings. The van der Waals surface area contributed by atoms with Crippen LogP contribution in [0.2, 0.25) is 0 Å². The van der Waals surface area contributed by atoms with Gasteiger partial charge >= 0.3 is 5.97 Å². The van der Waals surface area contributed by atoms with E-state index in [-0.39, 0.29) is 23.4 Å². The number of ketones is 1. The smallest absolute Gasteiger partial charge is 0.347 e. The van der Waals surface area contributed by atoms with Crippen molar-refractivity contribution in [3.8, 4) is 0 Å². The van der Waals surface area contributed by atoms with Gasteiger partial charge in [0, 0.05) is 12.0 Å². The largest absolute Gasteiger partial charge is 0.463 e. The van der Waals surface area contributed by atoms with Crippen LogP contribution in [0.5, 0.6) is 0 Å². The number of aliphatic hydroxyl groups is 1. The summed E-state index contributed by atoms with van der Waals surface area (Å²) < 4.78 is 5.03. The van der Waals surface area contributed by atoms with Crippen molar-refractivity contribution in [1.82, 2.24) is 0 Å². The van der Waals surface area contributed by atoms with Crippen LogP contribution >= 0.6 is 0 Å². The number of hydrogen-bond acceptors (Lipinski definition) is 4. The van der Waals surface area contributed by atoms with Gasteiger partial charge in [-0.05, 0) is 24.3 Å². The van der Waals surface area contributed by atoms with Gasteiger partial charge < -0.3 is 9.84 Å². The number of allylic oxidation sites excluding steroid dienone is 1. The molecule has 1 atom stereocenters. The van der Waals surface area contributed by atoms with Gasteiger partial charge in [0.05, 0.1) is 6.61 Å². The Balaban J connectivity index is 2.53. The van der Waals surface area contributed by atoms with Crippen LogP contribution in [0.1, 0.15) is 39.2 Å². The summed E-state index contributed by atoms with van der Waals surface area (Å²) in [7, 11) is 0. The molecule has 1 aromatic rings. The van der Waals surface area contributed by atoms with Crippen molar-refractivity contribution in [3.63, 3.8) is 0 Å². The second-order valence-corrected chi connectivity index (χ2v) is 6.38. The molecule has 4 nitrogen and oxygen atoms in total. The minimum Gasteiger partial charge on any atom is -0.463 e. The van der Waals surface area contributed by atoms with Gasteiger partial charge in [-0.15, -0.1) is 0 Å². The fourth-order valence-electron chi connectivity index (χ4n) is 2.74. The van der Waals surface area contributed by atoms with Crippen molar-refractivity contribution in [1.29, 1.82) is 0 Å². The van der Waals surface area contributed by atoms with Crippen molar-refractivity contribution < 1.29 is 19.4 Å². The van der Waals surface area contributed by atoms with Gasteiger partial charge in [-0.3, -0.25) is 4.79 Å². The maximum absolute atomic E-state index is 12.5. The van der Waals surface area contributed by atoms with Crippen molar-refractivity contribution in [2.45, 2.75) is 39.2 Å². The fraction of sp³-hybridized carbons (Fsp3) is 0.444. The van der Waals surface area contributed by atoms with Gasteiger partial charge in [-0.1, -0.05) is 50.3 Å². The number of esters is 1. The van der Waals surface area contributed by atoms with Crippen LogP contribution in [0.15, 0.2) is 42.0 Å². The number of carbonyl (C=O) groups is 2. The third-order valence-electron chi connectivity index (χ3n) is 3.95. The van der Waals surface area contributed by atoms with E-state index in [0.29, 0.717) is 18.4 Å². The first kappa shape index (κ1) is 16.4. The molecule has 0 aromatic heterocycles. The van der Waals surface area contributed by atoms with Gasteiger partial charge in [0.15, 0.2) is 5.78 Å². The summed E-state index contributed by atoms with van der Waals surface area (Å²) in [5.74, 6) is -1.02. The molecule has 0 saturated carbocycles. The lowest BCUT2D eigenvalue weighted by atomic mass is 9.72. The van der Waals surface area contributed by atoms with E-state index in [2.05, 4.69) is 0 Å². The molecule has 0 spiro atoms. The third kappa shape index (κ3) is 2.97. The van der Waals surface area contributed by atoms with E-state index >= 15 is 0 Å². The molecule has 0 saturated heterocycles. The van der Waals surface area contributed by atoms with Crippen molar-refractivity contribution >= 4 is 11.8 Å². The van der Waals surface area contributed by atoms with E-state index in [1.54, 1.807) is 43.3 Å². The van der Waals surface area contributed by atoms with Crippen LogP contribution in [0.3, 0.4) is 0 Å². The number of benzene rings is 1. The van der Waals surface area contributed by atoms with E-state index in [0.717, 1.165) is 0 Å². The second kappa shape index (κ2) is 6.05. The maximum Gasteiger partial charge on any atom is 0.347 e. The molecule has 0 heterocycles. The van der Waals surface area contributed by atoms with Crippen LogP contribution in [0.4, 0.5) is 0 Å². The standard InChI is InChI=1S/C18H22O4/c1-4-22-16(20)18(21,13-8-6-5-7-9-13)14-10-11-17(2,3)12-15(14)19/h5-10,21H,4,11-12H2,1-3H3. The average molecular weight is 302 g/mol. The van der Waals surface area contributed by atoms with Gasteiger partial charge in [0.25, 0.3) is 0 Å². The molecule has 1 unspecified atom stereocenters. The summed E-state index contributed by atoms with van der Waals surface area (Å²) >= 11 is 0. The molecule has 4 heteroatoms. The van der Waals surface area contributed by atoms with Crippen LogP contribution in [-0.4, -0.2) is 23.5 Å². The molecule has 0 aliphatic heterocycles. The molecule has 1 N–H and O–H groups in total. The van der Waals surface area contributed by atoms with Gasteiger partial charge in [-0.2, -0.15) is 0 Å². The second-order valence-electron chi connectivity index (χ2n) is 6.38. The topological polar surface area (TPSA) is 63.6 Å². The highest BCUT2D eigenvalue weighted by Gasteiger charge is 2.48. The lowest BCUT2D eigenvalue weighted by molar-refractivity contribution is -0.163. The highest BCUT2D eigenvalue weighted by molar-refractivity contribution is 6.05. The first-order chi connectivity index (χ1) is 10.3. The Kier molecular flexibility index (Phi) is 4.52. The monoisotopic (exact) mass is 302 g/mol. The summed E-state index contributed by atoms with van der Waals surface area (Å²) in [6.07, 6.45) is 2.60. The minimum absolute atomic E-state index is 0.122. The van der Waals surface area contributed by atoms with E-state index in [1.165, 1.54) is 0 Å². The lowest BCUT2D eigenvalue weighted by Crippen LogP contribution is -2.44. The number of Topliss-reactive ketones (excluding diaryl/α,β-unsaturated/α-hetero) is 1. The van der Waals surface area contributed by atoms with Crippen LogP contribution < -0.4 is 0 Å². The molecule has 1 aliphatic carbocycles. The Morgan fingerprint density at radius 2 is 1.95 bits per heavy atom. The van der Waals surface area contributed by atoms with E-state index in [4.69, 9.17) is 4.74 Å². The normalized spacial score (nSPS) is 20.0. The zero-order chi connectivity index (χ0) is 16.4. The molecule has 118 valence electrons. The SMILES string of the molecule is CCOC(=O)C(O)(C1=CCC(C)(C)CC1=O)c1ccccc1. The van der Waals surface area contributed by atoms with Gasteiger partial charge in [0.1, 0.15) is 0 Å². The lowest BCUT2D eigenvalue weighted by Gasteiger charge is -2.34. The summed E-state index contributed by atoms with van der Waals surface area (Å²) in [4.78, 5) is 24.9. The molecule has 1 aromatic carbocycles. The van der Waals surface area contributed by atoms with Crippen molar-refractivity contribution in [2.24, 2.45) is 5.41 Å². The molecule has 1 aliphatic rings. The summed E-state index contributed by atoms with van der Waals surface area (Å²) in [5.41, 5.74) is -1.72. The molecular formula is C18H22O4. The van der Waals surface area contributed by atoms with Gasteiger partial charge in [0.2, 0.25) is 5.60 Å². The highest BCUT2D eigenvalue weighted by atomic mass is 16.5. The first-order valence-corrected chi connectivity index (χ1v) is 7.50. The van der Waals surface area contributed by atoms with Gasteiger partial charge in [-0.25, -0.2) is 4.79 Å². The Morgan fingerprint density at radius 1 is 1.32 bits per heavy atom. The number of rotatable bonds is 4. The zero-order valence-corrected chi connectivity index (χ0v) is 13.3. The van der Waals surface area contributed by atoms with E-state index in [1.807, 2.05) is 13.8 Å². The quantitative estimate of drug-likeness (QED) is 0.869.